The molecule has 0 aliphatic rings. The van der Waals surface area contributed by atoms with E-state index >= 15 is 0 Å². The van der Waals surface area contributed by atoms with Crippen LogP contribution in [0.25, 0.3) is 44.1 Å². The number of aromatic amines is 1. The third-order valence-corrected chi connectivity index (χ3v) is 6.76. The summed E-state index contributed by atoms with van der Waals surface area (Å²) >= 11 is 0. The van der Waals surface area contributed by atoms with Gasteiger partial charge in [0, 0.05) is 21.8 Å². The molecule has 0 atom stereocenters. The summed E-state index contributed by atoms with van der Waals surface area (Å²) in [5, 5.41) is 2.59. The average molecular weight is 432 g/mol. The first kappa shape index (κ1) is 21.5. The molecule has 0 amide bonds. The highest BCUT2D eigenvalue weighted by atomic mass is 14.7. The minimum absolute atomic E-state index is 1.15. The third kappa shape index (κ3) is 4.59. The Hall–Kier alpha value is -3.32. The van der Waals surface area contributed by atoms with Gasteiger partial charge in [0.05, 0.1) is 0 Å². The molecule has 0 spiro atoms. The molecule has 1 aromatic heterocycles. The Morgan fingerprint density at radius 3 is 1.42 bits per heavy atom. The molecule has 0 saturated heterocycles. The minimum Gasteiger partial charge on any atom is -0.355 e. The number of hydrogen-bond donors (Lipinski definition) is 1. The Morgan fingerprint density at radius 1 is 0.515 bits per heavy atom. The van der Waals surface area contributed by atoms with Crippen molar-refractivity contribution in [1.29, 1.82) is 0 Å². The van der Waals surface area contributed by atoms with Crippen molar-refractivity contribution < 1.29 is 0 Å². The van der Waals surface area contributed by atoms with Crippen LogP contribution in [0.3, 0.4) is 0 Å². The van der Waals surface area contributed by atoms with Gasteiger partial charge in [-0.25, -0.2) is 0 Å². The maximum absolute atomic E-state index is 3.61. The van der Waals surface area contributed by atoms with E-state index in [1.807, 2.05) is 0 Å². The molecule has 166 valence electrons. The van der Waals surface area contributed by atoms with E-state index in [1.54, 1.807) is 0 Å². The highest BCUT2D eigenvalue weighted by Gasteiger charge is 2.09. The molecule has 0 aliphatic heterocycles. The molecular weight excluding hydrogens is 398 g/mol. The smallest absolute Gasteiger partial charge is 0.0465 e. The van der Waals surface area contributed by atoms with Gasteiger partial charge in [0.1, 0.15) is 0 Å². The Kier molecular flexibility index (Phi) is 6.30. The lowest BCUT2D eigenvalue weighted by atomic mass is 9.97. The highest BCUT2D eigenvalue weighted by molar-refractivity contribution is 6.09. The van der Waals surface area contributed by atoms with E-state index in [1.165, 1.54) is 80.9 Å². The first-order valence-corrected chi connectivity index (χ1v) is 12.5. The Balaban J connectivity index is 1.55. The molecule has 1 heteroatoms. The van der Waals surface area contributed by atoms with E-state index in [-0.39, 0.29) is 0 Å². The number of aromatic nitrogens is 1. The van der Waals surface area contributed by atoms with E-state index in [0.717, 1.165) is 12.8 Å². The van der Waals surface area contributed by atoms with Gasteiger partial charge in [-0.1, -0.05) is 87.4 Å². The highest BCUT2D eigenvalue weighted by Crippen LogP contribution is 2.33. The number of fused-ring (bicyclic) bond motifs is 3. The standard InChI is InChI=1S/C32H33N/c1-3-5-9-23-11-7-13-25(19-23)27-15-17-31-29(21-27)30-22-28(16-18-32(30)33-31)26-14-8-12-24(20-26)10-6-4-2/h7-8,11-22,33H,3-6,9-10H2,1-2H3. The van der Waals surface area contributed by atoms with Crippen molar-refractivity contribution in [3.63, 3.8) is 0 Å². The van der Waals surface area contributed by atoms with Crippen molar-refractivity contribution in [3.8, 4) is 22.3 Å². The lowest BCUT2D eigenvalue weighted by Gasteiger charge is -2.07. The van der Waals surface area contributed by atoms with E-state index in [0.29, 0.717) is 0 Å². The molecule has 0 fully saturated rings. The summed E-state index contributed by atoms with van der Waals surface area (Å²) in [5.41, 5.74) is 10.4. The Bertz CT molecular complexity index is 1280. The molecule has 0 unspecified atom stereocenters. The molecule has 33 heavy (non-hydrogen) atoms. The van der Waals surface area contributed by atoms with Crippen LogP contribution in [0, 0.1) is 0 Å². The van der Waals surface area contributed by atoms with Crippen molar-refractivity contribution in [2.75, 3.05) is 0 Å². The molecule has 5 rings (SSSR count). The molecule has 5 aromatic rings. The maximum Gasteiger partial charge on any atom is 0.0465 e. The summed E-state index contributed by atoms with van der Waals surface area (Å²) in [6.07, 6.45) is 7.26. The Labute approximate surface area is 197 Å². The summed E-state index contributed by atoms with van der Waals surface area (Å²) in [6, 6.07) is 31.8. The van der Waals surface area contributed by atoms with Crippen LogP contribution < -0.4 is 0 Å². The molecule has 0 aliphatic carbocycles. The summed E-state index contributed by atoms with van der Waals surface area (Å²) in [7, 11) is 0. The van der Waals surface area contributed by atoms with Crippen LogP contribution in [0.1, 0.15) is 50.7 Å². The molecule has 0 saturated carbocycles. The fourth-order valence-electron chi connectivity index (χ4n) is 4.83. The predicted octanol–water partition coefficient (Wildman–Crippen LogP) is 9.34. The van der Waals surface area contributed by atoms with Gasteiger partial charge in [-0.15, -0.1) is 0 Å². The second-order valence-corrected chi connectivity index (χ2v) is 9.25. The van der Waals surface area contributed by atoms with Gasteiger partial charge in [0.2, 0.25) is 0 Å². The number of nitrogens with one attached hydrogen (secondary N) is 1. The van der Waals surface area contributed by atoms with Crippen LogP contribution in [0.15, 0.2) is 84.9 Å². The van der Waals surface area contributed by atoms with E-state index in [2.05, 4.69) is 104 Å². The average Bonchev–Trinajstić information content (AvgIpc) is 3.23. The lowest BCUT2D eigenvalue weighted by molar-refractivity contribution is 0.795. The number of unbranched alkanes of at least 4 members (excludes halogenated alkanes) is 2. The number of hydrogen-bond acceptors (Lipinski definition) is 0. The van der Waals surface area contributed by atoms with E-state index < -0.39 is 0 Å². The van der Waals surface area contributed by atoms with E-state index in [4.69, 9.17) is 0 Å². The number of aryl methyl sites for hydroxylation is 2. The van der Waals surface area contributed by atoms with Gasteiger partial charge in [-0.2, -0.15) is 0 Å². The zero-order valence-electron chi connectivity index (χ0n) is 19.8. The van der Waals surface area contributed by atoms with Crippen LogP contribution in [0.5, 0.6) is 0 Å². The van der Waals surface area contributed by atoms with Gasteiger partial charge in [-0.3, -0.25) is 0 Å². The summed E-state index contributed by atoms with van der Waals surface area (Å²) in [6.45, 7) is 4.51. The van der Waals surface area contributed by atoms with Gasteiger partial charge >= 0.3 is 0 Å². The monoisotopic (exact) mass is 431 g/mol. The van der Waals surface area contributed by atoms with E-state index in [9.17, 15) is 0 Å². The second-order valence-electron chi connectivity index (χ2n) is 9.25. The SMILES string of the molecule is CCCCc1cccc(-c2ccc3[nH]c4ccc(-c5cccc(CCCC)c5)cc4c3c2)c1. The fraction of sp³-hybridized carbons (Fsp3) is 0.250. The quantitative estimate of drug-likeness (QED) is 0.252. The van der Waals surface area contributed by atoms with Gasteiger partial charge in [0.25, 0.3) is 0 Å². The predicted molar refractivity (Wildman–Crippen MR) is 144 cm³/mol. The van der Waals surface area contributed by atoms with Crippen molar-refractivity contribution in [2.24, 2.45) is 0 Å². The van der Waals surface area contributed by atoms with Crippen molar-refractivity contribution in [1.82, 2.24) is 4.98 Å². The number of rotatable bonds is 8. The molecule has 1 nitrogen and oxygen atoms in total. The zero-order chi connectivity index (χ0) is 22.6. The fourth-order valence-corrected chi connectivity index (χ4v) is 4.83. The molecule has 1 N–H and O–H groups in total. The first-order valence-electron chi connectivity index (χ1n) is 12.5. The normalized spacial score (nSPS) is 11.5. The number of H-pyrrole nitrogens is 1. The van der Waals surface area contributed by atoms with Crippen LogP contribution in [0.4, 0.5) is 0 Å². The largest absolute Gasteiger partial charge is 0.355 e. The third-order valence-electron chi connectivity index (χ3n) is 6.76. The molecule has 1 heterocycles. The van der Waals surface area contributed by atoms with Gasteiger partial charge in [0.15, 0.2) is 0 Å². The first-order chi connectivity index (χ1) is 16.2. The van der Waals surface area contributed by atoms with Crippen molar-refractivity contribution in [2.45, 2.75) is 52.4 Å². The van der Waals surface area contributed by atoms with Crippen LogP contribution >= 0.6 is 0 Å². The van der Waals surface area contributed by atoms with Crippen molar-refractivity contribution >= 4 is 21.8 Å². The van der Waals surface area contributed by atoms with Gasteiger partial charge < -0.3 is 4.98 Å². The minimum atomic E-state index is 1.15. The molecule has 4 aromatic carbocycles. The Morgan fingerprint density at radius 2 is 0.970 bits per heavy atom. The van der Waals surface area contributed by atoms with Crippen LogP contribution in [-0.4, -0.2) is 4.98 Å². The topological polar surface area (TPSA) is 15.8 Å². The molecule has 0 radical (unpaired) electrons. The zero-order valence-corrected chi connectivity index (χ0v) is 19.8. The van der Waals surface area contributed by atoms with Crippen LogP contribution in [0.2, 0.25) is 0 Å². The molecular formula is C32H33N. The lowest BCUT2D eigenvalue weighted by Crippen LogP contribution is -1.86. The summed E-state index contributed by atoms with van der Waals surface area (Å²) in [5.74, 6) is 0. The maximum atomic E-state index is 3.61. The summed E-state index contributed by atoms with van der Waals surface area (Å²) < 4.78 is 0. The van der Waals surface area contributed by atoms with Crippen LogP contribution in [-0.2, 0) is 12.8 Å². The number of benzene rings is 4. The second kappa shape index (κ2) is 9.67. The van der Waals surface area contributed by atoms with Gasteiger partial charge in [-0.05, 0) is 83.3 Å². The summed E-state index contributed by atoms with van der Waals surface area (Å²) in [4.78, 5) is 3.61. The van der Waals surface area contributed by atoms with Crippen molar-refractivity contribution in [3.05, 3.63) is 96.1 Å². The molecule has 0 bridgehead atoms.